The Hall–Kier alpha value is -1.32. The van der Waals surface area contributed by atoms with Gasteiger partial charge in [0.25, 0.3) is 0 Å². The molecule has 0 bridgehead atoms. The van der Waals surface area contributed by atoms with E-state index in [2.05, 4.69) is 81.6 Å². The Morgan fingerprint density at radius 1 is 1.10 bits per heavy atom. The van der Waals surface area contributed by atoms with Gasteiger partial charge in [0.15, 0.2) is 0 Å². The molecule has 0 radical (unpaired) electrons. The normalized spacial score (nSPS) is 19.1. The van der Waals surface area contributed by atoms with Gasteiger partial charge >= 0.3 is 0 Å². The van der Waals surface area contributed by atoms with Gasteiger partial charge < -0.3 is 10.2 Å². The minimum Gasteiger partial charge on any atom is -0.367 e. The zero-order chi connectivity index (χ0) is 13.9. The minimum absolute atomic E-state index is 0.400. The number of nitrogens with zero attached hydrogens (tertiary/aromatic N) is 1. The summed E-state index contributed by atoms with van der Waals surface area (Å²) in [6, 6.07) is 17.6. The molecular weight excluding hydrogens is 312 g/mol. The van der Waals surface area contributed by atoms with Gasteiger partial charge in [-0.15, -0.1) is 0 Å². The summed E-state index contributed by atoms with van der Waals surface area (Å²) in [6.07, 6.45) is 0. The molecule has 20 heavy (non-hydrogen) atoms. The molecule has 0 aliphatic carbocycles. The highest BCUT2D eigenvalue weighted by Gasteiger charge is 2.22. The number of hydrogen-bond acceptors (Lipinski definition) is 2. The summed E-state index contributed by atoms with van der Waals surface area (Å²) in [7, 11) is 0. The first-order valence-electron chi connectivity index (χ1n) is 7.04. The fourth-order valence-corrected chi connectivity index (χ4v) is 3.27. The molecule has 3 heteroatoms. The van der Waals surface area contributed by atoms with Crippen molar-refractivity contribution in [3.8, 4) is 0 Å². The fourth-order valence-electron chi connectivity index (χ4n) is 2.75. The van der Waals surface area contributed by atoms with E-state index in [1.165, 1.54) is 21.3 Å². The van der Waals surface area contributed by atoms with E-state index in [0.717, 1.165) is 19.6 Å². The number of piperazine rings is 1. The van der Waals surface area contributed by atoms with Gasteiger partial charge in [0, 0.05) is 30.1 Å². The smallest absolute Gasteiger partial charge is 0.0514 e. The Morgan fingerprint density at radius 2 is 1.90 bits per heavy atom. The lowest BCUT2D eigenvalue weighted by Gasteiger charge is -2.36. The van der Waals surface area contributed by atoms with E-state index in [9.17, 15) is 0 Å². The van der Waals surface area contributed by atoms with Gasteiger partial charge in [-0.2, -0.15) is 0 Å². The van der Waals surface area contributed by atoms with Crippen molar-refractivity contribution in [2.45, 2.75) is 13.0 Å². The second-order valence-corrected chi connectivity index (χ2v) is 6.06. The van der Waals surface area contributed by atoms with E-state index in [4.69, 9.17) is 0 Å². The molecule has 2 aromatic rings. The Bertz CT molecular complexity index is 583. The van der Waals surface area contributed by atoms with Crippen molar-refractivity contribution >= 4 is 21.6 Å². The maximum atomic E-state index is 3.73. The monoisotopic (exact) mass is 330 g/mol. The summed E-state index contributed by atoms with van der Waals surface area (Å²) in [5, 5.41) is 3.61. The first-order valence-corrected chi connectivity index (χ1v) is 7.83. The van der Waals surface area contributed by atoms with Crippen LogP contribution in [0.25, 0.3) is 0 Å². The van der Waals surface area contributed by atoms with Crippen molar-refractivity contribution in [3.63, 3.8) is 0 Å². The summed E-state index contributed by atoms with van der Waals surface area (Å²) >= 11 is 3.73. The molecule has 1 fully saturated rings. The van der Waals surface area contributed by atoms with Gasteiger partial charge in [0.1, 0.15) is 0 Å². The largest absolute Gasteiger partial charge is 0.367 e. The van der Waals surface area contributed by atoms with E-state index in [0.29, 0.717) is 6.04 Å². The van der Waals surface area contributed by atoms with E-state index < -0.39 is 0 Å². The van der Waals surface area contributed by atoms with E-state index in [-0.39, 0.29) is 0 Å². The standard InChI is InChI=1S/C17H19BrN2/c1-13-6-5-9-16(17(13)18)20-11-10-19-15(12-20)14-7-3-2-4-8-14/h2-9,15,19H,10-12H2,1H3. The molecule has 1 unspecified atom stereocenters. The number of benzene rings is 2. The molecule has 3 rings (SSSR count). The Kier molecular flexibility index (Phi) is 4.08. The van der Waals surface area contributed by atoms with Gasteiger partial charge in [-0.25, -0.2) is 0 Å². The number of aryl methyl sites for hydroxylation is 1. The van der Waals surface area contributed by atoms with Crippen molar-refractivity contribution in [2.75, 3.05) is 24.5 Å². The van der Waals surface area contributed by atoms with Crippen LogP contribution in [-0.2, 0) is 0 Å². The van der Waals surface area contributed by atoms with Crippen molar-refractivity contribution in [1.82, 2.24) is 5.32 Å². The van der Waals surface area contributed by atoms with Crippen LogP contribution in [-0.4, -0.2) is 19.6 Å². The average Bonchev–Trinajstić information content (AvgIpc) is 2.51. The highest BCUT2D eigenvalue weighted by atomic mass is 79.9. The van der Waals surface area contributed by atoms with Crippen LogP contribution in [0.1, 0.15) is 17.2 Å². The highest BCUT2D eigenvalue weighted by molar-refractivity contribution is 9.10. The second-order valence-electron chi connectivity index (χ2n) is 5.27. The van der Waals surface area contributed by atoms with Crippen LogP contribution in [0.2, 0.25) is 0 Å². The topological polar surface area (TPSA) is 15.3 Å². The molecular formula is C17H19BrN2. The van der Waals surface area contributed by atoms with Crippen LogP contribution >= 0.6 is 15.9 Å². The zero-order valence-corrected chi connectivity index (χ0v) is 13.2. The number of anilines is 1. The van der Waals surface area contributed by atoms with Crippen molar-refractivity contribution in [2.24, 2.45) is 0 Å². The maximum absolute atomic E-state index is 3.73. The molecule has 0 spiro atoms. The van der Waals surface area contributed by atoms with Crippen molar-refractivity contribution in [1.29, 1.82) is 0 Å². The van der Waals surface area contributed by atoms with E-state index in [1.54, 1.807) is 0 Å². The lowest BCUT2D eigenvalue weighted by Crippen LogP contribution is -2.46. The number of hydrogen-bond donors (Lipinski definition) is 1. The Balaban J connectivity index is 1.83. The summed E-state index contributed by atoms with van der Waals surface area (Å²) < 4.78 is 1.22. The summed E-state index contributed by atoms with van der Waals surface area (Å²) in [4.78, 5) is 2.46. The zero-order valence-electron chi connectivity index (χ0n) is 11.6. The van der Waals surface area contributed by atoms with Crippen LogP contribution < -0.4 is 10.2 Å². The van der Waals surface area contributed by atoms with Gasteiger partial charge in [-0.1, -0.05) is 42.5 Å². The van der Waals surface area contributed by atoms with Crippen molar-refractivity contribution < 1.29 is 0 Å². The third-order valence-electron chi connectivity index (χ3n) is 3.89. The predicted octanol–water partition coefficient (Wildman–Crippen LogP) is 3.91. The SMILES string of the molecule is Cc1cccc(N2CCNC(c3ccccc3)C2)c1Br. The van der Waals surface area contributed by atoms with Gasteiger partial charge in [-0.05, 0) is 40.0 Å². The molecule has 1 N–H and O–H groups in total. The number of halogens is 1. The summed E-state index contributed by atoms with van der Waals surface area (Å²) in [6.45, 7) is 5.21. The molecule has 0 saturated carbocycles. The maximum Gasteiger partial charge on any atom is 0.0514 e. The van der Waals surface area contributed by atoms with Crippen LogP contribution in [0, 0.1) is 6.92 Å². The third-order valence-corrected chi connectivity index (χ3v) is 4.92. The molecule has 1 saturated heterocycles. The number of nitrogens with one attached hydrogen (secondary N) is 1. The van der Waals surface area contributed by atoms with Gasteiger partial charge in [0.05, 0.1) is 5.69 Å². The quantitative estimate of drug-likeness (QED) is 0.898. The van der Waals surface area contributed by atoms with Crippen LogP contribution in [0.3, 0.4) is 0 Å². The average molecular weight is 331 g/mol. The van der Waals surface area contributed by atoms with Gasteiger partial charge in [0.2, 0.25) is 0 Å². The first-order chi connectivity index (χ1) is 9.75. The molecule has 2 nitrogen and oxygen atoms in total. The molecule has 1 atom stereocenters. The third kappa shape index (κ3) is 2.74. The Morgan fingerprint density at radius 3 is 2.70 bits per heavy atom. The summed E-state index contributed by atoms with van der Waals surface area (Å²) in [5.74, 6) is 0. The molecule has 1 aliphatic heterocycles. The molecule has 1 heterocycles. The molecule has 1 aliphatic rings. The van der Waals surface area contributed by atoms with Crippen molar-refractivity contribution in [3.05, 3.63) is 64.1 Å². The lowest BCUT2D eigenvalue weighted by molar-refractivity contribution is 0.471. The molecule has 0 aromatic heterocycles. The number of rotatable bonds is 2. The minimum atomic E-state index is 0.400. The fraction of sp³-hybridized carbons (Fsp3) is 0.294. The van der Waals surface area contributed by atoms with Crippen LogP contribution in [0.5, 0.6) is 0 Å². The molecule has 104 valence electrons. The summed E-state index contributed by atoms with van der Waals surface area (Å²) in [5.41, 5.74) is 3.95. The van der Waals surface area contributed by atoms with E-state index >= 15 is 0 Å². The van der Waals surface area contributed by atoms with Crippen LogP contribution in [0.4, 0.5) is 5.69 Å². The van der Waals surface area contributed by atoms with Crippen LogP contribution in [0.15, 0.2) is 53.0 Å². The predicted molar refractivity (Wildman–Crippen MR) is 88.3 cm³/mol. The Labute approximate surface area is 128 Å². The van der Waals surface area contributed by atoms with E-state index in [1.807, 2.05) is 0 Å². The highest BCUT2D eigenvalue weighted by Crippen LogP contribution is 2.31. The lowest BCUT2D eigenvalue weighted by atomic mass is 10.0. The first kappa shape index (κ1) is 13.7. The molecule has 0 amide bonds. The second kappa shape index (κ2) is 5.98. The van der Waals surface area contributed by atoms with Gasteiger partial charge in [-0.3, -0.25) is 0 Å². The molecule has 2 aromatic carbocycles.